The van der Waals surface area contributed by atoms with Gasteiger partial charge in [0.05, 0.1) is 25.5 Å². The number of anilines is 1. The molecule has 0 saturated carbocycles. The molecular formula is C21H21NO3. The van der Waals surface area contributed by atoms with Crippen molar-refractivity contribution >= 4 is 22.7 Å². The Labute approximate surface area is 148 Å². The summed E-state index contributed by atoms with van der Waals surface area (Å²) in [6.45, 7) is 6.13. The quantitative estimate of drug-likeness (QED) is 0.787. The van der Waals surface area contributed by atoms with E-state index in [1.165, 1.54) is 0 Å². The topological polar surface area (TPSA) is 38.8 Å². The minimum absolute atomic E-state index is 0.0494. The van der Waals surface area contributed by atoms with Crippen molar-refractivity contribution in [1.29, 1.82) is 0 Å². The predicted molar refractivity (Wildman–Crippen MR) is 101 cm³/mol. The van der Waals surface area contributed by atoms with Crippen molar-refractivity contribution in [2.45, 2.75) is 6.92 Å². The van der Waals surface area contributed by atoms with E-state index in [4.69, 9.17) is 9.47 Å². The molecule has 0 unspecified atom stereocenters. The highest BCUT2D eigenvalue weighted by atomic mass is 16.5. The molecule has 4 heteroatoms. The van der Waals surface area contributed by atoms with E-state index in [0.29, 0.717) is 11.3 Å². The summed E-state index contributed by atoms with van der Waals surface area (Å²) >= 11 is 0. The lowest BCUT2D eigenvalue weighted by Gasteiger charge is -2.13. The number of nitrogens with zero attached hydrogens (tertiary/aromatic N) is 1. The molecular weight excluding hydrogens is 314 g/mol. The van der Waals surface area contributed by atoms with Gasteiger partial charge < -0.3 is 14.4 Å². The largest absolute Gasteiger partial charge is 0.497 e. The van der Waals surface area contributed by atoms with E-state index < -0.39 is 0 Å². The van der Waals surface area contributed by atoms with Gasteiger partial charge in [0.1, 0.15) is 11.5 Å². The van der Waals surface area contributed by atoms with Crippen LogP contribution in [0.5, 0.6) is 11.5 Å². The number of hydrogen-bond donors (Lipinski definition) is 0. The molecule has 4 nitrogen and oxygen atoms in total. The lowest BCUT2D eigenvalue weighted by atomic mass is 9.93. The Bertz CT molecular complexity index is 879. The number of likely N-dealkylation sites (N-methyl/N-ethyl adjacent to an activating group) is 1. The molecule has 0 fully saturated rings. The lowest BCUT2D eigenvalue weighted by molar-refractivity contribution is -0.112. The number of hydrogen-bond acceptors (Lipinski definition) is 3. The second-order valence-electron chi connectivity index (χ2n) is 5.93. The maximum absolute atomic E-state index is 12.9. The number of fused-ring (bicyclic) bond motifs is 1. The molecule has 0 saturated heterocycles. The van der Waals surface area contributed by atoms with Crippen molar-refractivity contribution in [3.05, 3.63) is 65.7 Å². The van der Waals surface area contributed by atoms with Crippen LogP contribution < -0.4 is 14.4 Å². The third-order valence-electron chi connectivity index (χ3n) is 4.61. The van der Waals surface area contributed by atoms with Crippen LogP contribution >= 0.6 is 0 Å². The molecule has 1 amide bonds. The highest BCUT2D eigenvalue weighted by Crippen LogP contribution is 2.45. The fourth-order valence-electron chi connectivity index (χ4n) is 3.14. The van der Waals surface area contributed by atoms with Crippen LogP contribution in [-0.4, -0.2) is 27.2 Å². The summed E-state index contributed by atoms with van der Waals surface area (Å²) in [5.41, 5.74) is 4.96. The second kappa shape index (κ2) is 6.48. The third-order valence-corrected chi connectivity index (χ3v) is 4.61. The van der Waals surface area contributed by atoms with Crippen molar-refractivity contribution in [3.63, 3.8) is 0 Å². The monoisotopic (exact) mass is 335 g/mol. The molecule has 0 radical (unpaired) electrons. The van der Waals surface area contributed by atoms with Gasteiger partial charge in [-0.05, 0) is 41.8 Å². The normalized spacial score (nSPS) is 15.0. The first-order valence-electron chi connectivity index (χ1n) is 7.99. The molecule has 2 aromatic carbocycles. The molecule has 2 aromatic rings. The van der Waals surface area contributed by atoms with Gasteiger partial charge in [0.25, 0.3) is 5.91 Å². The minimum atomic E-state index is -0.0494. The van der Waals surface area contributed by atoms with Gasteiger partial charge in [-0.2, -0.15) is 0 Å². The first-order valence-corrected chi connectivity index (χ1v) is 7.99. The average Bonchev–Trinajstić information content (AvgIpc) is 2.91. The van der Waals surface area contributed by atoms with E-state index in [0.717, 1.165) is 33.7 Å². The molecule has 3 rings (SSSR count). The first-order chi connectivity index (χ1) is 12.0. The zero-order valence-electron chi connectivity index (χ0n) is 14.9. The van der Waals surface area contributed by atoms with Crippen LogP contribution in [-0.2, 0) is 4.79 Å². The zero-order valence-corrected chi connectivity index (χ0v) is 14.9. The number of amides is 1. The zero-order chi connectivity index (χ0) is 18.1. The molecule has 0 N–H and O–H groups in total. The average molecular weight is 335 g/mol. The number of carbonyl (C=O) groups excluding carboxylic acids is 1. The summed E-state index contributed by atoms with van der Waals surface area (Å²) in [4.78, 5) is 14.5. The Hall–Kier alpha value is -3.01. The van der Waals surface area contributed by atoms with Gasteiger partial charge in [0.2, 0.25) is 0 Å². The minimum Gasteiger partial charge on any atom is -0.497 e. The fourth-order valence-corrected chi connectivity index (χ4v) is 3.14. The number of ether oxygens (including phenoxy) is 2. The molecule has 25 heavy (non-hydrogen) atoms. The summed E-state index contributed by atoms with van der Waals surface area (Å²) in [6.07, 6.45) is 0. The van der Waals surface area contributed by atoms with E-state index >= 15 is 0 Å². The summed E-state index contributed by atoms with van der Waals surface area (Å²) in [6, 6.07) is 13.4. The van der Waals surface area contributed by atoms with Crippen LogP contribution in [0.2, 0.25) is 0 Å². The van der Waals surface area contributed by atoms with Crippen LogP contribution in [0.1, 0.15) is 18.1 Å². The summed E-state index contributed by atoms with van der Waals surface area (Å²) in [5.74, 6) is 1.42. The molecule has 1 heterocycles. The Morgan fingerprint density at radius 2 is 1.72 bits per heavy atom. The Kier molecular flexibility index (Phi) is 4.36. The molecule has 0 spiro atoms. The first kappa shape index (κ1) is 16.8. The molecule has 1 aliphatic heterocycles. The van der Waals surface area contributed by atoms with Crippen LogP contribution in [0, 0.1) is 0 Å². The van der Waals surface area contributed by atoms with Crippen molar-refractivity contribution in [2.24, 2.45) is 0 Å². The number of allylic oxidation sites excluding steroid dienone is 2. The predicted octanol–water partition coefficient (Wildman–Crippen LogP) is 4.17. The smallest absolute Gasteiger partial charge is 0.259 e. The number of benzene rings is 2. The van der Waals surface area contributed by atoms with Gasteiger partial charge in [-0.25, -0.2) is 0 Å². The van der Waals surface area contributed by atoms with Crippen molar-refractivity contribution in [1.82, 2.24) is 0 Å². The van der Waals surface area contributed by atoms with Gasteiger partial charge in [-0.1, -0.05) is 30.8 Å². The molecule has 0 atom stereocenters. The van der Waals surface area contributed by atoms with E-state index in [9.17, 15) is 4.79 Å². The lowest BCUT2D eigenvalue weighted by Crippen LogP contribution is -2.21. The highest BCUT2D eigenvalue weighted by Gasteiger charge is 2.34. The maximum Gasteiger partial charge on any atom is 0.259 e. The number of carbonyl (C=O) groups is 1. The number of methoxy groups -OCH3 is 2. The van der Waals surface area contributed by atoms with E-state index in [2.05, 4.69) is 6.58 Å². The van der Waals surface area contributed by atoms with E-state index in [1.807, 2.05) is 49.4 Å². The highest BCUT2D eigenvalue weighted by molar-refractivity contribution is 6.35. The molecule has 0 bridgehead atoms. The standard InChI is InChI=1S/C21H21NO3/c1-13(15-9-11-16(24-4)12-10-15)14(2)19-17-7-6-8-18(25-5)20(17)22(3)21(19)23/h6-12H,1H2,2-5H3/b19-14-. The van der Waals surface area contributed by atoms with Crippen molar-refractivity contribution in [3.8, 4) is 11.5 Å². The SMILES string of the molecule is C=C(/C(C)=C1\C(=O)N(C)c2c(OC)cccc21)c1ccc(OC)cc1. The van der Waals surface area contributed by atoms with Gasteiger partial charge >= 0.3 is 0 Å². The molecule has 1 aliphatic rings. The summed E-state index contributed by atoms with van der Waals surface area (Å²) < 4.78 is 10.6. The molecule has 0 aromatic heterocycles. The van der Waals surface area contributed by atoms with Crippen LogP contribution in [0.4, 0.5) is 5.69 Å². The van der Waals surface area contributed by atoms with Crippen molar-refractivity contribution < 1.29 is 14.3 Å². The van der Waals surface area contributed by atoms with Crippen LogP contribution in [0.15, 0.2) is 54.6 Å². The van der Waals surface area contributed by atoms with Gasteiger partial charge in [-0.15, -0.1) is 0 Å². The molecule has 0 aliphatic carbocycles. The fraction of sp³-hybridized carbons (Fsp3) is 0.190. The Morgan fingerprint density at radius 1 is 1.04 bits per heavy atom. The Morgan fingerprint density at radius 3 is 2.32 bits per heavy atom. The summed E-state index contributed by atoms with van der Waals surface area (Å²) in [5, 5.41) is 0. The van der Waals surface area contributed by atoms with Crippen molar-refractivity contribution in [2.75, 3.05) is 26.2 Å². The molecule has 128 valence electrons. The van der Waals surface area contributed by atoms with Crippen LogP contribution in [0.3, 0.4) is 0 Å². The van der Waals surface area contributed by atoms with E-state index in [-0.39, 0.29) is 5.91 Å². The third kappa shape index (κ3) is 2.70. The number of rotatable bonds is 4. The second-order valence-corrected chi connectivity index (χ2v) is 5.93. The maximum atomic E-state index is 12.9. The van der Waals surface area contributed by atoms with Gasteiger partial charge in [0.15, 0.2) is 0 Å². The van der Waals surface area contributed by atoms with Gasteiger partial charge in [0, 0.05) is 12.6 Å². The number of para-hydroxylation sites is 1. The van der Waals surface area contributed by atoms with Gasteiger partial charge in [-0.3, -0.25) is 4.79 Å². The van der Waals surface area contributed by atoms with E-state index in [1.54, 1.807) is 26.2 Å². The Balaban J connectivity index is 2.10. The van der Waals surface area contributed by atoms with Crippen LogP contribution in [0.25, 0.3) is 11.1 Å². The summed E-state index contributed by atoms with van der Waals surface area (Å²) in [7, 11) is 5.01.